The van der Waals surface area contributed by atoms with Crippen LogP contribution in [0, 0.1) is 37.5 Å². The maximum atomic E-state index is 13.2. The number of aliphatic hydroxyl groups excluding tert-OH is 1. The Morgan fingerprint density at radius 2 is 1.89 bits per heavy atom. The number of fused-ring (bicyclic) bond motifs is 2. The Bertz CT molecular complexity index is 868. The molecule has 1 aromatic rings. The van der Waals surface area contributed by atoms with E-state index in [-0.39, 0.29) is 48.4 Å². The lowest BCUT2D eigenvalue weighted by molar-refractivity contribution is -0.142. The van der Waals surface area contributed by atoms with E-state index in [2.05, 4.69) is 0 Å². The predicted octanol–water partition coefficient (Wildman–Crippen LogP) is 2.12. The molecule has 0 spiro atoms. The molecule has 0 radical (unpaired) electrons. The average molecular weight is 386 g/mol. The van der Waals surface area contributed by atoms with Gasteiger partial charge in [0.05, 0.1) is 23.8 Å². The fraction of sp³-hybridized carbons (Fsp3) is 0.545. The Labute approximate surface area is 163 Å². The molecule has 0 aliphatic heterocycles. The number of hydrogen-bond donors (Lipinski definition) is 2. The van der Waals surface area contributed by atoms with Gasteiger partial charge in [-0.25, -0.2) is 0 Å². The fourth-order valence-corrected chi connectivity index (χ4v) is 4.93. The summed E-state index contributed by atoms with van der Waals surface area (Å²) in [7, 11) is 0. The summed E-state index contributed by atoms with van der Waals surface area (Å²) in [5.41, 5.74) is 2.41. The molecule has 2 aliphatic carbocycles. The monoisotopic (exact) mass is 386 g/mol. The number of ketones is 4. The molecule has 6 heteroatoms. The van der Waals surface area contributed by atoms with Crippen molar-refractivity contribution in [3.8, 4) is 5.75 Å². The van der Waals surface area contributed by atoms with Gasteiger partial charge in [-0.15, -0.1) is 0 Å². The van der Waals surface area contributed by atoms with E-state index in [0.29, 0.717) is 18.4 Å². The van der Waals surface area contributed by atoms with Gasteiger partial charge in [-0.2, -0.15) is 0 Å². The Balaban J connectivity index is 2.03. The summed E-state index contributed by atoms with van der Waals surface area (Å²) < 4.78 is 0. The molecule has 2 aliphatic rings. The van der Waals surface area contributed by atoms with E-state index in [9.17, 15) is 29.4 Å². The lowest BCUT2D eigenvalue weighted by atomic mass is 9.59. The molecule has 4 unspecified atom stereocenters. The first-order chi connectivity index (χ1) is 13.2. The molecule has 3 rings (SSSR count). The number of aryl methyl sites for hydroxylation is 1. The molecule has 1 fully saturated rings. The number of phenolic OH excluding ortho intramolecular Hbond substituents is 1. The quantitative estimate of drug-likeness (QED) is 0.751. The van der Waals surface area contributed by atoms with Crippen LogP contribution in [0.4, 0.5) is 0 Å². The SMILES string of the molecule is CC(=O)CC(=O)C1C(=O)C2C(=O)c3c(cc(C)c(C)c3O)CC2CC1CCO. The van der Waals surface area contributed by atoms with Gasteiger partial charge in [0, 0.05) is 6.61 Å². The number of hydrogen-bond acceptors (Lipinski definition) is 6. The smallest absolute Gasteiger partial charge is 0.177 e. The summed E-state index contributed by atoms with van der Waals surface area (Å²) in [5, 5.41) is 19.9. The third kappa shape index (κ3) is 3.30. The van der Waals surface area contributed by atoms with E-state index in [1.54, 1.807) is 6.92 Å². The molecule has 0 amide bonds. The van der Waals surface area contributed by atoms with Crippen LogP contribution in [0.1, 0.15) is 53.2 Å². The highest BCUT2D eigenvalue weighted by atomic mass is 16.3. The average Bonchev–Trinajstić information content (AvgIpc) is 2.58. The second kappa shape index (κ2) is 7.59. The van der Waals surface area contributed by atoms with Crippen molar-refractivity contribution in [2.24, 2.45) is 23.7 Å². The molecule has 2 N–H and O–H groups in total. The predicted molar refractivity (Wildman–Crippen MR) is 101 cm³/mol. The van der Waals surface area contributed by atoms with Gasteiger partial charge in [-0.05, 0) is 68.6 Å². The van der Waals surface area contributed by atoms with Gasteiger partial charge in [0.15, 0.2) is 17.3 Å². The maximum absolute atomic E-state index is 13.2. The summed E-state index contributed by atoms with van der Waals surface area (Å²) >= 11 is 0. The van der Waals surface area contributed by atoms with E-state index in [4.69, 9.17) is 0 Å². The number of carbonyl (C=O) groups excluding carboxylic acids is 4. The molecule has 4 atom stereocenters. The van der Waals surface area contributed by atoms with E-state index in [0.717, 1.165) is 11.1 Å². The highest BCUT2D eigenvalue weighted by molar-refractivity contribution is 6.20. The van der Waals surface area contributed by atoms with Crippen LogP contribution in [0.15, 0.2) is 6.07 Å². The van der Waals surface area contributed by atoms with Crippen LogP contribution in [0.25, 0.3) is 0 Å². The van der Waals surface area contributed by atoms with Gasteiger partial charge in [-0.3, -0.25) is 19.2 Å². The van der Waals surface area contributed by atoms with Crippen molar-refractivity contribution in [1.82, 2.24) is 0 Å². The number of rotatable bonds is 5. The van der Waals surface area contributed by atoms with Crippen LogP contribution >= 0.6 is 0 Å². The summed E-state index contributed by atoms with van der Waals surface area (Å²) in [6.07, 6.45) is 0.873. The molecule has 150 valence electrons. The first kappa shape index (κ1) is 20.4. The lowest BCUT2D eigenvalue weighted by Crippen LogP contribution is -2.50. The van der Waals surface area contributed by atoms with Crippen molar-refractivity contribution in [3.63, 3.8) is 0 Å². The van der Waals surface area contributed by atoms with Gasteiger partial charge >= 0.3 is 0 Å². The van der Waals surface area contributed by atoms with Gasteiger partial charge in [0.25, 0.3) is 0 Å². The van der Waals surface area contributed by atoms with Crippen molar-refractivity contribution in [1.29, 1.82) is 0 Å². The Morgan fingerprint density at radius 3 is 2.50 bits per heavy atom. The zero-order valence-electron chi connectivity index (χ0n) is 16.4. The van der Waals surface area contributed by atoms with Crippen LogP contribution in [-0.2, 0) is 20.8 Å². The van der Waals surface area contributed by atoms with Gasteiger partial charge in [0.1, 0.15) is 11.5 Å². The molecule has 28 heavy (non-hydrogen) atoms. The van der Waals surface area contributed by atoms with Crippen LogP contribution in [0.3, 0.4) is 0 Å². The molecule has 0 bridgehead atoms. The Hall–Kier alpha value is -2.34. The minimum Gasteiger partial charge on any atom is -0.507 e. The maximum Gasteiger partial charge on any atom is 0.177 e. The number of benzene rings is 1. The highest BCUT2D eigenvalue weighted by Gasteiger charge is 2.52. The zero-order chi connectivity index (χ0) is 20.7. The van der Waals surface area contributed by atoms with Crippen LogP contribution in [0.5, 0.6) is 5.75 Å². The molecule has 0 aromatic heterocycles. The number of carbonyl (C=O) groups is 4. The van der Waals surface area contributed by atoms with Crippen LogP contribution < -0.4 is 0 Å². The minimum atomic E-state index is -1.04. The van der Waals surface area contributed by atoms with Crippen LogP contribution in [-0.4, -0.2) is 40.0 Å². The second-order valence-electron chi connectivity index (χ2n) is 8.24. The van der Waals surface area contributed by atoms with E-state index in [1.165, 1.54) is 6.92 Å². The number of Topliss-reactive ketones (excluding diaryl/α,β-unsaturated/α-hetero) is 4. The minimum absolute atomic E-state index is 0.0876. The third-order valence-electron chi connectivity index (χ3n) is 6.34. The van der Waals surface area contributed by atoms with Crippen LogP contribution in [0.2, 0.25) is 0 Å². The number of aliphatic hydroxyl groups is 1. The van der Waals surface area contributed by atoms with Gasteiger partial charge in [-0.1, -0.05) is 6.07 Å². The van der Waals surface area contributed by atoms with Gasteiger partial charge in [0.2, 0.25) is 0 Å². The second-order valence-corrected chi connectivity index (χ2v) is 8.24. The van der Waals surface area contributed by atoms with E-state index >= 15 is 0 Å². The van der Waals surface area contributed by atoms with E-state index < -0.39 is 29.2 Å². The number of phenols is 1. The largest absolute Gasteiger partial charge is 0.507 e. The highest BCUT2D eigenvalue weighted by Crippen LogP contribution is 2.46. The fourth-order valence-electron chi connectivity index (χ4n) is 4.93. The zero-order valence-corrected chi connectivity index (χ0v) is 16.4. The van der Waals surface area contributed by atoms with Crippen molar-refractivity contribution in [2.45, 2.75) is 46.5 Å². The van der Waals surface area contributed by atoms with E-state index in [1.807, 2.05) is 13.0 Å². The molecule has 0 heterocycles. The molecular weight excluding hydrogens is 360 g/mol. The van der Waals surface area contributed by atoms with Crippen molar-refractivity contribution in [2.75, 3.05) is 6.61 Å². The standard InChI is InChI=1S/C22H26O6/c1-10-6-14-9-15-8-13(4-5-23)17(16(25)7-11(2)24)21(27)19(15)22(28)18(14)20(26)12(10)3/h6,13,15,17,19,23,26H,4-5,7-9H2,1-3H3. The first-order valence-corrected chi connectivity index (χ1v) is 9.70. The Morgan fingerprint density at radius 1 is 1.21 bits per heavy atom. The first-order valence-electron chi connectivity index (χ1n) is 9.70. The van der Waals surface area contributed by atoms with Crippen molar-refractivity contribution < 1.29 is 29.4 Å². The van der Waals surface area contributed by atoms with Crippen molar-refractivity contribution in [3.05, 3.63) is 28.3 Å². The molecule has 6 nitrogen and oxygen atoms in total. The molecule has 1 aromatic carbocycles. The molecular formula is C22H26O6. The topological polar surface area (TPSA) is 109 Å². The van der Waals surface area contributed by atoms with Crippen molar-refractivity contribution >= 4 is 23.1 Å². The molecule has 0 saturated heterocycles. The molecule has 1 saturated carbocycles. The normalized spacial score (nSPS) is 26.6. The van der Waals surface area contributed by atoms with Gasteiger partial charge < -0.3 is 10.2 Å². The Kier molecular flexibility index (Phi) is 5.53. The summed E-state index contributed by atoms with van der Waals surface area (Å²) in [5.74, 6) is -4.44. The summed E-state index contributed by atoms with van der Waals surface area (Å²) in [6, 6.07) is 1.89. The number of aromatic hydroxyl groups is 1. The third-order valence-corrected chi connectivity index (χ3v) is 6.34. The summed E-state index contributed by atoms with van der Waals surface area (Å²) in [6.45, 7) is 4.72. The lowest BCUT2D eigenvalue weighted by Gasteiger charge is -2.42. The summed E-state index contributed by atoms with van der Waals surface area (Å²) in [4.78, 5) is 50.5.